The van der Waals surface area contributed by atoms with E-state index in [2.05, 4.69) is 5.32 Å². The number of para-hydroxylation sites is 1. The average molecular weight is 417 g/mol. The van der Waals surface area contributed by atoms with E-state index in [1.165, 1.54) is 11.0 Å². The number of anilines is 1. The van der Waals surface area contributed by atoms with Gasteiger partial charge in [-0.3, -0.25) is 19.3 Å². The first kappa shape index (κ1) is 20.7. The van der Waals surface area contributed by atoms with Gasteiger partial charge in [0.15, 0.2) is 19.0 Å². The van der Waals surface area contributed by atoms with Crippen LogP contribution in [-0.2, 0) is 9.59 Å². The van der Waals surface area contributed by atoms with Gasteiger partial charge in [0.25, 0.3) is 5.91 Å². The minimum Gasteiger partial charge on any atom is -0.484 e. The lowest BCUT2D eigenvalue weighted by Gasteiger charge is -2.29. The Morgan fingerprint density at radius 2 is 2.03 bits per heavy atom. The molecule has 0 saturated carbocycles. The van der Waals surface area contributed by atoms with Gasteiger partial charge in [-0.1, -0.05) is 30.7 Å². The van der Waals surface area contributed by atoms with Gasteiger partial charge in [-0.2, -0.15) is 0 Å². The Bertz CT molecular complexity index is 931. The summed E-state index contributed by atoms with van der Waals surface area (Å²) in [6.07, 6.45) is 0.795. The lowest BCUT2D eigenvalue weighted by molar-refractivity contribution is -0.125. The number of carbonyl (C=O) groups excluding carboxylic acids is 3. The van der Waals surface area contributed by atoms with Crippen LogP contribution in [0.3, 0.4) is 0 Å². The monoisotopic (exact) mass is 416 g/mol. The Kier molecular flexibility index (Phi) is 6.72. The van der Waals surface area contributed by atoms with Gasteiger partial charge < -0.3 is 14.8 Å². The lowest BCUT2D eigenvalue weighted by Crippen LogP contribution is -2.45. The zero-order valence-corrected chi connectivity index (χ0v) is 16.7. The largest absolute Gasteiger partial charge is 0.484 e. The summed E-state index contributed by atoms with van der Waals surface area (Å²) >= 11 is 6.03. The summed E-state index contributed by atoms with van der Waals surface area (Å²) in [5.74, 6) is -0.0568. The number of Topliss-reactive ketones (excluding diaryl/α,β-unsaturated/α-hetero) is 1. The van der Waals surface area contributed by atoms with Gasteiger partial charge in [0.1, 0.15) is 18.0 Å². The molecule has 2 amide bonds. The minimum absolute atomic E-state index is 0.136. The van der Waals surface area contributed by atoms with Gasteiger partial charge in [-0.15, -0.1) is 0 Å². The second-order valence-electron chi connectivity index (χ2n) is 6.44. The second-order valence-corrected chi connectivity index (χ2v) is 6.85. The number of hydrogen-bond donors (Lipinski definition) is 1. The molecule has 7 nitrogen and oxygen atoms in total. The quantitative estimate of drug-likeness (QED) is 0.669. The SMILES string of the molecule is CCCNC(=O)CN1C(=O)COc2ccc(C(=O)COc3ccccc3Cl)cc21. The number of fused-ring (bicyclic) bond motifs is 1. The van der Waals surface area contributed by atoms with Crippen molar-refractivity contribution in [3.63, 3.8) is 0 Å². The summed E-state index contributed by atoms with van der Waals surface area (Å²) in [7, 11) is 0. The Morgan fingerprint density at radius 3 is 2.79 bits per heavy atom. The summed E-state index contributed by atoms with van der Waals surface area (Å²) in [6.45, 7) is 1.97. The van der Waals surface area contributed by atoms with Crippen molar-refractivity contribution < 1.29 is 23.9 Å². The molecule has 1 aliphatic heterocycles. The standard InChI is InChI=1S/C21H21ClN2O5/c1-2-9-23-20(26)11-24-16-10-14(7-8-19(16)29-13-21(24)27)17(25)12-28-18-6-4-3-5-15(18)22/h3-8,10H,2,9,11-13H2,1H3,(H,23,26). The van der Waals surface area contributed by atoms with Crippen molar-refractivity contribution in [3.8, 4) is 11.5 Å². The van der Waals surface area contributed by atoms with E-state index in [1.807, 2.05) is 6.92 Å². The van der Waals surface area contributed by atoms with Gasteiger partial charge in [-0.05, 0) is 36.8 Å². The number of nitrogens with one attached hydrogen (secondary N) is 1. The molecule has 29 heavy (non-hydrogen) atoms. The molecule has 1 aliphatic rings. The van der Waals surface area contributed by atoms with E-state index < -0.39 is 0 Å². The molecule has 0 bridgehead atoms. The normalized spacial score (nSPS) is 12.8. The molecule has 0 aliphatic carbocycles. The molecule has 1 N–H and O–H groups in total. The number of halogens is 1. The molecule has 3 rings (SSSR count). The van der Waals surface area contributed by atoms with Crippen molar-refractivity contribution in [2.75, 3.05) is 31.2 Å². The third-order valence-corrected chi connectivity index (χ3v) is 4.61. The van der Waals surface area contributed by atoms with E-state index in [4.69, 9.17) is 21.1 Å². The molecular formula is C21H21ClN2O5. The molecular weight excluding hydrogens is 396 g/mol. The van der Waals surface area contributed by atoms with Crippen LogP contribution in [0.4, 0.5) is 5.69 Å². The Labute approximate surface area is 173 Å². The maximum Gasteiger partial charge on any atom is 0.265 e. The number of benzene rings is 2. The number of amides is 2. The van der Waals surface area contributed by atoms with Crippen LogP contribution in [-0.4, -0.2) is 43.9 Å². The number of ketones is 1. The maximum absolute atomic E-state index is 12.6. The van der Waals surface area contributed by atoms with Crippen LogP contribution >= 0.6 is 11.6 Å². The zero-order chi connectivity index (χ0) is 20.8. The molecule has 2 aromatic carbocycles. The first-order valence-electron chi connectivity index (χ1n) is 9.24. The summed E-state index contributed by atoms with van der Waals surface area (Å²) in [4.78, 5) is 38.3. The molecule has 8 heteroatoms. The Hall–Kier alpha value is -3.06. The first-order chi connectivity index (χ1) is 14.0. The summed E-state index contributed by atoms with van der Waals surface area (Å²) in [5, 5.41) is 3.15. The fourth-order valence-electron chi connectivity index (χ4n) is 2.80. The number of carbonyl (C=O) groups is 3. The Morgan fingerprint density at radius 1 is 1.24 bits per heavy atom. The van der Waals surface area contributed by atoms with E-state index in [0.29, 0.717) is 34.3 Å². The third kappa shape index (κ3) is 5.06. The van der Waals surface area contributed by atoms with Gasteiger partial charge in [0.2, 0.25) is 5.91 Å². The highest BCUT2D eigenvalue weighted by atomic mass is 35.5. The van der Waals surface area contributed by atoms with E-state index in [-0.39, 0.29) is 37.4 Å². The highest BCUT2D eigenvalue weighted by Gasteiger charge is 2.28. The van der Waals surface area contributed by atoms with Crippen LogP contribution in [0, 0.1) is 0 Å². The molecule has 0 spiro atoms. The molecule has 0 radical (unpaired) electrons. The van der Waals surface area contributed by atoms with Gasteiger partial charge in [0, 0.05) is 12.1 Å². The van der Waals surface area contributed by atoms with Crippen LogP contribution < -0.4 is 19.7 Å². The molecule has 0 atom stereocenters. The van der Waals surface area contributed by atoms with Crippen LogP contribution in [0.25, 0.3) is 0 Å². The smallest absolute Gasteiger partial charge is 0.265 e. The maximum atomic E-state index is 12.6. The fraction of sp³-hybridized carbons (Fsp3) is 0.286. The van der Waals surface area contributed by atoms with Crippen LogP contribution in [0.1, 0.15) is 23.7 Å². The van der Waals surface area contributed by atoms with Crippen LogP contribution in [0.5, 0.6) is 11.5 Å². The minimum atomic E-state index is -0.346. The first-order valence-corrected chi connectivity index (χ1v) is 9.62. The number of hydrogen-bond acceptors (Lipinski definition) is 5. The van der Waals surface area contributed by atoms with Crippen molar-refractivity contribution in [2.45, 2.75) is 13.3 Å². The molecule has 0 aromatic heterocycles. The third-order valence-electron chi connectivity index (χ3n) is 4.29. The molecule has 0 unspecified atom stereocenters. The van der Waals surface area contributed by atoms with Crippen molar-refractivity contribution in [1.29, 1.82) is 0 Å². The zero-order valence-electron chi connectivity index (χ0n) is 15.9. The van der Waals surface area contributed by atoms with E-state index >= 15 is 0 Å². The van der Waals surface area contributed by atoms with Gasteiger partial charge >= 0.3 is 0 Å². The van der Waals surface area contributed by atoms with Crippen LogP contribution in [0.15, 0.2) is 42.5 Å². The van der Waals surface area contributed by atoms with E-state index in [9.17, 15) is 14.4 Å². The summed E-state index contributed by atoms with van der Waals surface area (Å²) < 4.78 is 10.9. The number of rotatable bonds is 8. The predicted octanol–water partition coefficient (Wildman–Crippen LogP) is 2.85. The van der Waals surface area contributed by atoms with Crippen LogP contribution in [0.2, 0.25) is 5.02 Å². The van der Waals surface area contributed by atoms with Gasteiger partial charge in [-0.25, -0.2) is 0 Å². The topological polar surface area (TPSA) is 84.9 Å². The fourth-order valence-corrected chi connectivity index (χ4v) is 2.99. The lowest BCUT2D eigenvalue weighted by atomic mass is 10.1. The summed E-state index contributed by atoms with van der Waals surface area (Å²) in [6, 6.07) is 11.6. The average Bonchev–Trinajstić information content (AvgIpc) is 2.73. The van der Waals surface area contributed by atoms with Crippen molar-refractivity contribution in [2.24, 2.45) is 0 Å². The highest BCUT2D eigenvalue weighted by molar-refractivity contribution is 6.32. The predicted molar refractivity (Wildman–Crippen MR) is 109 cm³/mol. The number of ether oxygens (including phenoxy) is 2. The van der Waals surface area contributed by atoms with Crippen molar-refractivity contribution >= 4 is 34.9 Å². The molecule has 2 aromatic rings. The van der Waals surface area contributed by atoms with E-state index in [0.717, 1.165) is 6.42 Å². The molecule has 0 fully saturated rings. The molecule has 1 heterocycles. The number of nitrogens with zero attached hydrogens (tertiary/aromatic N) is 1. The van der Waals surface area contributed by atoms with Gasteiger partial charge in [0.05, 0.1) is 10.7 Å². The Balaban J connectivity index is 1.75. The molecule has 152 valence electrons. The highest BCUT2D eigenvalue weighted by Crippen LogP contribution is 2.33. The van der Waals surface area contributed by atoms with Crippen molar-refractivity contribution in [3.05, 3.63) is 53.1 Å². The second kappa shape index (κ2) is 9.43. The summed E-state index contributed by atoms with van der Waals surface area (Å²) in [5.41, 5.74) is 0.726. The van der Waals surface area contributed by atoms with E-state index in [1.54, 1.807) is 36.4 Å². The van der Waals surface area contributed by atoms with Crippen molar-refractivity contribution in [1.82, 2.24) is 5.32 Å². The molecule has 0 saturated heterocycles.